The molecular formula is C16H16ClFN2OS. The van der Waals surface area contributed by atoms with Crippen LogP contribution in [0.4, 0.5) is 4.39 Å². The molecule has 3 rings (SSSR count). The zero-order chi connectivity index (χ0) is 15.5. The van der Waals surface area contributed by atoms with E-state index in [1.54, 1.807) is 12.1 Å². The second-order valence-corrected chi connectivity index (χ2v) is 6.76. The van der Waals surface area contributed by atoms with Crippen molar-refractivity contribution >= 4 is 40.5 Å². The van der Waals surface area contributed by atoms with Crippen molar-refractivity contribution in [2.75, 3.05) is 13.1 Å². The fraction of sp³-hybridized carbons (Fsp3) is 0.375. The molecule has 0 radical (unpaired) electrons. The van der Waals surface area contributed by atoms with E-state index in [2.05, 4.69) is 9.89 Å². The Labute approximate surface area is 138 Å². The van der Waals surface area contributed by atoms with Crippen molar-refractivity contribution in [3.05, 3.63) is 39.5 Å². The molecule has 0 saturated carbocycles. The van der Waals surface area contributed by atoms with Crippen LogP contribution in [-0.4, -0.2) is 29.1 Å². The summed E-state index contributed by atoms with van der Waals surface area (Å²) in [6, 6.07) is 4.49. The summed E-state index contributed by atoms with van der Waals surface area (Å²) in [7, 11) is 0. The largest absolute Gasteiger partial charge is 0.351 e. The molecule has 22 heavy (non-hydrogen) atoms. The third-order valence-electron chi connectivity index (χ3n) is 3.76. The third kappa shape index (κ3) is 3.36. The molecule has 1 aromatic rings. The summed E-state index contributed by atoms with van der Waals surface area (Å²) in [6.07, 6.45) is 6.17. The molecule has 0 aromatic heterocycles. The lowest BCUT2D eigenvalue weighted by Crippen LogP contribution is -2.28. The van der Waals surface area contributed by atoms with E-state index in [9.17, 15) is 9.18 Å². The third-order valence-corrected chi connectivity index (χ3v) is 5.13. The Bertz CT molecular complexity index is 631. The van der Waals surface area contributed by atoms with Gasteiger partial charge in [0.25, 0.3) is 5.91 Å². The van der Waals surface area contributed by atoms with Gasteiger partial charge >= 0.3 is 0 Å². The first-order chi connectivity index (χ1) is 10.6. The Morgan fingerprint density at radius 3 is 2.64 bits per heavy atom. The van der Waals surface area contributed by atoms with Gasteiger partial charge in [0, 0.05) is 18.7 Å². The first kappa shape index (κ1) is 15.6. The van der Waals surface area contributed by atoms with Crippen LogP contribution in [0.5, 0.6) is 0 Å². The molecule has 2 heterocycles. The quantitative estimate of drug-likeness (QED) is 0.715. The maximum Gasteiger partial charge on any atom is 0.286 e. The van der Waals surface area contributed by atoms with E-state index < -0.39 is 5.82 Å². The number of carbonyl (C=O) groups is 1. The molecule has 2 aliphatic rings. The summed E-state index contributed by atoms with van der Waals surface area (Å²) >= 11 is 7.32. The molecule has 1 fully saturated rings. The standard InChI is InChI=1S/C16H16ClFN2OS/c17-12-6-5-7-13(18)11(12)10-14-15(21)19-16(22-14)20-8-3-1-2-4-9-20/h5-7,10H,1-4,8-9H2/b14-10-. The number of carbonyl (C=O) groups excluding carboxylic acids is 1. The summed E-state index contributed by atoms with van der Waals surface area (Å²) < 4.78 is 13.8. The van der Waals surface area contributed by atoms with Gasteiger partial charge in [0.2, 0.25) is 0 Å². The molecule has 116 valence electrons. The van der Waals surface area contributed by atoms with Gasteiger partial charge in [-0.1, -0.05) is 30.5 Å². The molecule has 1 saturated heterocycles. The summed E-state index contributed by atoms with van der Waals surface area (Å²) in [5.41, 5.74) is 0.243. The molecule has 1 amide bonds. The van der Waals surface area contributed by atoms with Crippen molar-refractivity contribution in [2.24, 2.45) is 4.99 Å². The Kier molecular flexibility index (Phi) is 4.84. The van der Waals surface area contributed by atoms with Crippen LogP contribution in [0.15, 0.2) is 28.1 Å². The average molecular weight is 339 g/mol. The molecule has 0 spiro atoms. The summed E-state index contributed by atoms with van der Waals surface area (Å²) in [6.45, 7) is 1.85. The fourth-order valence-electron chi connectivity index (χ4n) is 2.57. The van der Waals surface area contributed by atoms with Crippen molar-refractivity contribution in [3.63, 3.8) is 0 Å². The molecule has 6 heteroatoms. The van der Waals surface area contributed by atoms with Gasteiger partial charge in [-0.3, -0.25) is 4.79 Å². The molecule has 0 unspecified atom stereocenters. The first-order valence-corrected chi connectivity index (χ1v) is 8.56. The summed E-state index contributed by atoms with van der Waals surface area (Å²) in [5.74, 6) is -0.750. The van der Waals surface area contributed by atoms with Crippen molar-refractivity contribution in [1.82, 2.24) is 4.90 Å². The van der Waals surface area contributed by atoms with Crippen LogP contribution in [0.2, 0.25) is 5.02 Å². The number of aliphatic imine (C=N–C) groups is 1. The Balaban J connectivity index is 1.81. The van der Waals surface area contributed by atoms with E-state index in [1.807, 2.05) is 0 Å². The van der Waals surface area contributed by atoms with Gasteiger partial charge in [0.15, 0.2) is 5.17 Å². The van der Waals surface area contributed by atoms with Crippen LogP contribution in [0.1, 0.15) is 31.2 Å². The van der Waals surface area contributed by atoms with Gasteiger partial charge in [0.1, 0.15) is 5.82 Å². The maximum absolute atomic E-state index is 13.8. The van der Waals surface area contributed by atoms with Gasteiger partial charge < -0.3 is 4.90 Å². The smallest absolute Gasteiger partial charge is 0.286 e. The molecular weight excluding hydrogens is 323 g/mol. The van der Waals surface area contributed by atoms with Gasteiger partial charge in [-0.15, -0.1) is 0 Å². The zero-order valence-electron chi connectivity index (χ0n) is 12.0. The van der Waals surface area contributed by atoms with E-state index >= 15 is 0 Å². The molecule has 0 atom stereocenters. The number of nitrogens with zero attached hydrogens (tertiary/aromatic N) is 2. The molecule has 0 N–H and O–H groups in total. The van der Waals surface area contributed by atoms with Crippen LogP contribution in [-0.2, 0) is 4.79 Å². The number of rotatable bonds is 1. The number of halogens is 2. The highest BCUT2D eigenvalue weighted by molar-refractivity contribution is 8.18. The Morgan fingerprint density at radius 2 is 1.95 bits per heavy atom. The Morgan fingerprint density at radius 1 is 1.23 bits per heavy atom. The fourth-order valence-corrected chi connectivity index (χ4v) is 3.74. The van der Waals surface area contributed by atoms with Crippen molar-refractivity contribution in [3.8, 4) is 0 Å². The predicted octanol–water partition coefficient (Wildman–Crippen LogP) is 4.33. The zero-order valence-corrected chi connectivity index (χ0v) is 13.6. The highest BCUT2D eigenvalue weighted by Gasteiger charge is 2.27. The van der Waals surface area contributed by atoms with E-state index in [0.717, 1.165) is 31.1 Å². The van der Waals surface area contributed by atoms with Crippen molar-refractivity contribution < 1.29 is 9.18 Å². The lowest BCUT2D eigenvalue weighted by atomic mass is 10.2. The lowest BCUT2D eigenvalue weighted by molar-refractivity contribution is -0.113. The summed E-state index contributed by atoms with van der Waals surface area (Å²) in [5, 5.41) is 1.02. The lowest BCUT2D eigenvalue weighted by Gasteiger charge is -2.20. The maximum atomic E-state index is 13.8. The number of amides is 1. The monoisotopic (exact) mass is 338 g/mol. The van der Waals surface area contributed by atoms with Crippen molar-refractivity contribution in [2.45, 2.75) is 25.7 Å². The van der Waals surface area contributed by atoms with E-state index in [0.29, 0.717) is 9.93 Å². The number of hydrogen-bond donors (Lipinski definition) is 0. The predicted molar refractivity (Wildman–Crippen MR) is 89.5 cm³/mol. The van der Waals surface area contributed by atoms with E-state index in [-0.39, 0.29) is 11.5 Å². The van der Waals surface area contributed by atoms with Crippen LogP contribution < -0.4 is 0 Å². The highest BCUT2D eigenvalue weighted by Crippen LogP contribution is 2.33. The van der Waals surface area contributed by atoms with Gasteiger partial charge in [0.05, 0.1) is 9.93 Å². The highest BCUT2D eigenvalue weighted by atomic mass is 35.5. The SMILES string of the molecule is O=C1N=C(N2CCCCCC2)S/C1=C\c1c(F)cccc1Cl. The van der Waals surface area contributed by atoms with Gasteiger partial charge in [-0.05, 0) is 42.8 Å². The number of thioether (sulfide) groups is 1. The van der Waals surface area contributed by atoms with Crippen LogP contribution >= 0.6 is 23.4 Å². The second-order valence-electron chi connectivity index (χ2n) is 5.35. The van der Waals surface area contributed by atoms with Gasteiger partial charge in [-0.2, -0.15) is 4.99 Å². The normalized spacial score (nSPS) is 21.2. The van der Waals surface area contributed by atoms with Crippen LogP contribution in [0.3, 0.4) is 0 Å². The molecule has 3 nitrogen and oxygen atoms in total. The minimum absolute atomic E-state index is 0.243. The number of amidine groups is 1. The minimum atomic E-state index is -0.434. The number of benzene rings is 1. The topological polar surface area (TPSA) is 32.7 Å². The molecule has 2 aliphatic heterocycles. The minimum Gasteiger partial charge on any atom is -0.351 e. The van der Waals surface area contributed by atoms with Gasteiger partial charge in [-0.25, -0.2) is 4.39 Å². The van der Waals surface area contributed by atoms with Crippen molar-refractivity contribution in [1.29, 1.82) is 0 Å². The van der Waals surface area contributed by atoms with Crippen LogP contribution in [0, 0.1) is 5.82 Å². The second kappa shape index (κ2) is 6.84. The Hall–Kier alpha value is -1.33. The van der Waals surface area contributed by atoms with E-state index in [1.165, 1.54) is 36.7 Å². The van der Waals surface area contributed by atoms with Crippen LogP contribution in [0.25, 0.3) is 6.08 Å². The average Bonchev–Trinajstić information content (AvgIpc) is 2.71. The summed E-state index contributed by atoms with van der Waals surface area (Å²) in [4.78, 5) is 18.8. The van der Waals surface area contributed by atoms with E-state index in [4.69, 9.17) is 11.6 Å². The molecule has 0 bridgehead atoms. The molecule has 0 aliphatic carbocycles. The number of hydrogen-bond acceptors (Lipinski definition) is 3. The molecule has 1 aromatic carbocycles. The number of likely N-dealkylation sites (tertiary alicyclic amines) is 1. The first-order valence-electron chi connectivity index (χ1n) is 7.36.